The molecule has 1 N–H and O–H groups in total. The second kappa shape index (κ2) is 1.31. The van der Waals surface area contributed by atoms with E-state index >= 15 is 0 Å². The lowest BCUT2D eigenvalue weighted by atomic mass is 9.96. The SMILES string of the molecule is CC1(C)C=NNC1=O. The highest BCUT2D eigenvalue weighted by Crippen LogP contribution is 2.14. The number of nitrogens with zero attached hydrogens (tertiary/aromatic N) is 1. The molecule has 0 radical (unpaired) electrons. The molecular formula is C5H8N2O. The zero-order valence-corrected chi connectivity index (χ0v) is 4.93. The molecule has 1 amide bonds. The van der Waals surface area contributed by atoms with Crippen molar-refractivity contribution in [1.82, 2.24) is 5.43 Å². The van der Waals surface area contributed by atoms with Gasteiger partial charge in [0, 0.05) is 6.21 Å². The van der Waals surface area contributed by atoms with Crippen LogP contribution < -0.4 is 5.43 Å². The molecule has 0 aromatic heterocycles. The summed E-state index contributed by atoms with van der Waals surface area (Å²) in [5, 5.41) is 3.59. The summed E-state index contributed by atoms with van der Waals surface area (Å²) < 4.78 is 0. The Hall–Kier alpha value is -0.860. The summed E-state index contributed by atoms with van der Waals surface area (Å²) in [6, 6.07) is 0. The van der Waals surface area contributed by atoms with E-state index in [1.165, 1.54) is 0 Å². The van der Waals surface area contributed by atoms with E-state index < -0.39 is 0 Å². The first-order valence-electron chi connectivity index (χ1n) is 2.47. The third-order valence-electron chi connectivity index (χ3n) is 1.14. The predicted octanol–water partition coefficient (Wildman–Crippen LogP) is 0.128. The standard InChI is InChI=1S/C5H8N2O/c1-5(2)3-6-7-4(5)8/h3H,1-2H3,(H,7,8). The van der Waals surface area contributed by atoms with Crippen molar-refractivity contribution < 1.29 is 4.79 Å². The molecule has 0 aromatic rings. The highest BCUT2D eigenvalue weighted by atomic mass is 16.2. The van der Waals surface area contributed by atoms with E-state index in [2.05, 4.69) is 10.5 Å². The van der Waals surface area contributed by atoms with Crippen LogP contribution in [0.3, 0.4) is 0 Å². The smallest absolute Gasteiger partial charge is 0.251 e. The number of rotatable bonds is 0. The predicted molar refractivity (Wildman–Crippen MR) is 30.4 cm³/mol. The largest absolute Gasteiger partial charge is 0.272 e. The minimum Gasteiger partial charge on any atom is -0.272 e. The fraction of sp³-hybridized carbons (Fsp3) is 0.600. The molecule has 1 heterocycles. The van der Waals surface area contributed by atoms with Crippen molar-refractivity contribution >= 4 is 12.1 Å². The van der Waals surface area contributed by atoms with Gasteiger partial charge in [0.05, 0.1) is 5.41 Å². The van der Waals surface area contributed by atoms with Crippen molar-refractivity contribution in [3.8, 4) is 0 Å². The van der Waals surface area contributed by atoms with Crippen molar-refractivity contribution in [3.05, 3.63) is 0 Å². The van der Waals surface area contributed by atoms with Gasteiger partial charge in [0.25, 0.3) is 5.91 Å². The lowest BCUT2D eigenvalue weighted by Crippen LogP contribution is -2.27. The monoisotopic (exact) mass is 112 g/mol. The minimum absolute atomic E-state index is 0.0301. The van der Waals surface area contributed by atoms with Gasteiger partial charge < -0.3 is 0 Å². The van der Waals surface area contributed by atoms with Crippen LogP contribution in [0.4, 0.5) is 0 Å². The van der Waals surface area contributed by atoms with E-state index in [-0.39, 0.29) is 11.3 Å². The molecule has 44 valence electrons. The van der Waals surface area contributed by atoms with Gasteiger partial charge in [0.1, 0.15) is 0 Å². The van der Waals surface area contributed by atoms with Gasteiger partial charge >= 0.3 is 0 Å². The summed E-state index contributed by atoms with van der Waals surface area (Å²) in [6.45, 7) is 3.64. The molecule has 0 atom stereocenters. The zero-order chi connectivity index (χ0) is 6.20. The first kappa shape index (κ1) is 5.28. The molecule has 8 heavy (non-hydrogen) atoms. The Labute approximate surface area is 47.8 Å². The van der Waals surface area contributed by atoms with Crippen molar-refractivity contribution in [2.45, 2.75) is 13.8 Å². The number of carbonyl (C=O) groups is 1. The van der Waals surface area contributed by atoms with Gasteiger partial charge in [-0.1, -0.05) is 0 Å². The van der Waals surface area contributed by atoms with Gasteiger partial charge in [-0.25, -0.2) is 5.43 Å². The topological polar surface area (TPSA) is 41.5 Å². The lowest BCUT2D eigenvalue weighted by Gasteiger charge is -2.06. The first-order chi connectivity index (χ1) is 3.63. The Kier molecular flexibility index (Phi) is 0.863. The Morgan fingerprint density at radius 3 is 2.50 bits per heavy atom. The highest BCUT2D eigenvalue weighted by Gasteiger charge is 2.29. The molecule has 0 aromatic carbocycles. The number of hydrogen-bond donors (Lipinski definition) is 1. The van der Waals surface area contributed by atoms with Gasteiger partial charge in [0.2, 0.25) is 0 Å². The van der Waals surface area contributed by atoms with E-state index in [1.54, 1.807) is 6.21 Å². The zero-order valence-electron chi connectivity index (χ0n) is 4.93. The Bertz CT molecular complexity index is 149. The summed E-state index contributed by atoms with van der Waals surface area (Å²) >= 11 is 0. The van der Waals surface area contributed by atoms with Crippen molar-refractivity contribution in [1.29, 1.82) is 0 Å². The number of amides is 1. The molecule has 0 bridgehead atoms. The number of hydrazone groups is 1. The van der Waals surface area contributed by atoms with E-state index in [4.69, 9.17) is 0 Å². The molecule has 0 fully saturated rings. The van der Waals surface area contributed by atoms with Crippen molar-refractivity contribution in [2.24, 2.45) is 10.5 Å². The summed E-state index contributed by atoms with van der Waals surface area (Å²) in [4.78, 5) is 10.7. The van der Waals surface area contributed by atoms with Crippen LogP contribution in [0.25, 0.3) is 0 Å². The van der Waals surface area contributed by atoms with Crippen LogP contribution in [0, 0.1) is 5.41 Å². The number of hydrogen-bond acceptors (Lipinski definition) is 2. The minimum atomic E-state index is -0.389. The average Bonchev–Trinajstić information content (AvgIpc) is 1.86. The second-order valence-electron chi connectivity index (χ2n) is 2.42. The van der Waals surface area contributed by atoms with E-state index in [9.17, 15) is 4.79 Å². The van der Waals surface area contributed by atoms with E-state index in [0.717, 1.165) is 0 Å². The van der Waals surface area contributed by atoms with Crippen LogP contribution in [0.2, 0.25) is 0 Å². The fourth-order valence-electron chi connectivity index (χ4n) is 0.455. The molecule has 3 nitrogen and oxygen atoms in total. The average molecular weight is 112 g/mol. The van der Waals surface area contributed by atoms with Crippen LogP contribution in [0.15, 0.2) is 5.10 Å². The third kappa shape index (κ3) is 0.598. The molecule has 3 heteroatoms. The molecule has 1 rings (SSSR count). The van der Waals surface area contributed by atoms with Crippen molar-refractivity contribution in [3.63, 3.8) is 0 Å². The molecule has 1 aliphatic rings. The first-order valence-corrected chi connectivity index (χ1v) is 2.47. The van der Waals surface area contributed by atoms with E-state index in [1.807, 2.05) is 13.8 Å². The summed E-state index contributed by atoms with van der Waals surface area (Å²) in [5.41, 5.74) is 1.95. The third-order valence-corrected chi connectivity index (χ3v) is 1.14. The van der Waals surface area contributed by atoms with E-state index in [0.29, 0.717) is 0 Å². The molecule has 0 spiro atoms. The normalized spacial score (nSPS) is 23.5. The van der Waals surface area contributed by atoms with Crippen LogP contribution in [0.5, 0.6) is 0 Å². The summed E-state index contributed by atoms with van der Waals surface area (Å²) in [6.07, 6.45) is 1.61. The Morgan fingerprint density at radius 1 is 1.75 bits per heavy atom. The Morgan fingerprint density at radius 2 is 2.38 bits per heavy atom. The maximum atomic E-state index is 10.7. The summed E-state index contributed by atoms with van der Waals surface area (Å²) in [7, 11) is 0. The molecule has 0 aliphatic carbocycles. The second-order valence-corrected chi connectivity index (χ2v) is 2.42. The van der Waals surface area contributed by atoms with Gasteiger partial charge in [0.15, 0.2) is 0 Å². The summed E-state index contributed by atoms with van der Waals surface area (Å²) in [5.74, 6) is -0.0301. The number of nitrogens with one attached hydrogen (secondary N) is 1. The number of carbonyl (C=O) groups excluding carboxylic acids is 1. The molecule has 0 saturated carbocycles. The fourth-order valence-corrected chi connectivity index (χ4v) is 0.455. The highest BCUT2D eigenvalue weighted by molar-refractivity contribution is 6.00. The maximum absolute atomic E-state index is 10.7. The van der Waals surface area contributed by atoms with Crippen molar-refractivity contribution in [2.75, 3.05) is 0 Å². The Balaban J connectivity index is 2.82. The lowest BCUT2D eigenvalue weighted by molar-refractivity contribution is -0.124. The van der Waals surface area contributed by atoms with Gasteiger partial charge in [-0.3, -0.25) is 4.79 Å². The van der Waals surface area contributed by atoms with Crippen LogP contribution in [-0.4, -0.2) is 12.1 Å². The molecule has 0 unspecified atom stereocenters. The van der Waals surface area contributed by atoms with Gasteiger partial charge in [-0.2, -0.15) is 5.10 Å². The van der Waals surface area contributed by atoms with Gasteiger partial charge in [-0.15, -0.1) is 0 Å². The van der Waals surface area contributed by atoms with Gasteiger partial charge in [-0.05, 0) is 13.8 Å². The van der Waals surface area contributed by atoms with Crippen LogP contribution >= 0.6 is 0 Å². The maximum Gasteiger partial charge on any atom is 0.251 e. The van der Waals surface area contributed by atoms with Crippen LogP contribution in [-0.2, 0) is 4.79 Å². The quantitative estimate of drug-likeness (QED) is 0.475. The molecule has 0 saturated heterocycles. The molecule has 1 aliphatic heterocycles. The van der Waals surface area contributed by atoms with Crippen LogP contribution in [0.1, 0.15) is 13.8 Å². The molecular weight excluding hydrogens is 104 g/mol.